The number of hydrogen-bond acceptors (Lipinski definition) is 4. The molecule has 116 valence electrons. The minimum absolute atomic E-state index is 0.145. The zero-order valence-corrected chi connectivity index (χ0v) is 13.6. The van der Waals surface area contributed by atoms with E-state index in [0.717, 1.165) is 5.41 Å². The van der Waals surface area contributed by atoms with E-state index in [0.29, 0.717) is 0 Å². The Morgan fingerprint density at radius 3 is 1.77 bits per heavy atom. The molecule has 0 amide bonds. The lowest BCUT2D eigenvalue weighted by Crippen LogP contribution is -2.09. The third kappa shape index (κ3) is 4.05. The van der Waals surface area contributed by atoms with Crippen molar-refractivity contribution in [3.63, 3.8) is 0 Å². The smallest absolute Gasteiger partial charge is 0.199 e. The standard InChI is InChI=1S/C16H16O4S2/c1-14(12-21(17,18)15-8-4-2-5-9-15)13-22(19,20)16-10-6-3-7-11-16/h2-12H,13H2,1H3. The molecule has 0 heterocycles. The fourth-order valence-corrected chi connectivity index (χ4v) is 4.80. The molecule has 2 aromatic rings. The second-order valence-corrected chi connectivity index (χ2v) is 8.68. The monoisotopic (exact) mass is 336 g/mol. The van der Waals surface area contributed by atoms with Gasteiger partial charge in [0, 0.05) is 5.41 Å². The molecule has 0 atom stereocenters. The summed E-state index contributed by atoms with van der Waals surface area (Å²) in [6.07, 6.45) is 0. The molecule has 2 rings (SSSR count). The average Bonchev–Trinajstić information content (AvgIpc) is 2.48. The molecule has 0 aliphatic heterocycles. The molecule has 6 heteroatoms. The summed E-state index contributed by atoms with van der Waals surface area (Å²) in [5, 5.41) is 1.02. The highest BCUT2D eigenvalue weighted by Gasteiger charge is 2.17. The first kappa shape index (κ1) is 16.5. The Morgan fingerprint density at radius 2 is 1.27 bits per heavy atom. The summed E-state index contributed by atoms with van der Waals surface area (Å²) in [5.74, 6) is -0.330. The Labute approximate surface area is 131 Å². The highest BCUT2D eigenvalue weighted by atomic mass is 32.2. The first-order valence-corrected chi connectivity index (χ1v) is 9.76. The van der Waals surface area contributed by atoms with Crippen LogP contribution in [0.3, 0.4) is 0 Å². The van der Waals surface area contributed by atoms with E-state index in [1.54, 1.807) is 36.4 Å². The van der Waals surface area contributed by atoms with Gasteiger partial charge >= 0.3 is 0 Å². The molecule has 0 bridgehead atoms. The van der Waals surface area contributed by atoms with Gasteiger partial charge in [0.1, 0.15) is 0 Å². The Balaban J connectivity index is 2.28. The molecule has 2 aromatic carbocycles. The minimum atomic E-state index is -3.64. The van der Waals surface area contributed by atoms with Crippen molar-refractivity contribution < 1.29 is 16.8 Å². The van der Waals surface area contributed by atoms with Crippen molar-refractivity contribution in [2.45, 2.75) is 16.7 Å². The average molecular weight is 336 g/mol. The normalized spacial score (nSPS) is 13.0. The van der Waals surface area contributed by atoms with Crippen LogP contribution in [0.15, 0.2) is 81.4 Å². The minimum Gasteiger partial charge on any atom is -0.223 e. The lowest BCUT2D eigenvalue weighted by molar-refractivity contribution is 0.598. The first-order chi connectivity index (χ1) is 10.3. The predicted octanol–water partition coefficient (Wildman–Crippen LogP) is 2.84. The summed E-state index contributed by atoms with van der Waals surface area (Å²) in [6, 6.07) is 15.9. The van der Waals surface area contributed by atoms with Gasteiger partial charge in [0.2, 0.25) is 0 Å². The largest absolute Gasteiger partial charge is 0.223 e. The van der Waals surface area contributed by atoms with Crippen molar-refractivity contribution in [1.82, 2.24) is 0 Å². The third-order valence-electron chi connectivity index (χ3n) is 2.95. The Bertz CT molecular complexity index is 866. The highest BCUT2D eigenvalue weighted by molar-refractivity contribution is 7.94. The van der Waals surface area contributed by atoms with Crippen LogP contribution in [0, 0.1) is 0 Å². The van der Waals surface area contributed by atoms with Gasteiger partial charge in [-0.05, 0) is 36.8 Å². The molecule has 0 aromatic heterocycles. The van der Waals surface area contributed by atoms with Gasteiger partial charge in [-0.3, -0.25) is 0 Å². The van der Waals surface area contributed by atoms with Crippen LogP contribution in [-0.4, -0.2) is 22.6 Å². The fourth-order valence-electron chi connectivity index (χ4n) is 1.99. The first-order valence-electron chi connectivity index (χ1n) is 6.56. The lowest BCUT2D eigenvalue weighted by Gasteiger charge is -2.05. The Hall–Kier alpha value is -1.92. The lowest BCUT2D eigenvalue weighted by atomic mass is 10.4. The molecule has 0 aliphatic rings. The molecule has 0 unspecified atom stereocenters. The van der Waals surface area contributed by atoms with Crippen LogP contribution in [0.25, 0.3) is 0 Å². The Morgan fingerprint density at radius 1 is 0.818 bits per heavy atom. The van der Waals surface area contributed by atoms with Crippen LogP contribution < -0.4 is 0 Å². The van der Waals surface area contributed by atoms with E-state index in [1.807, 2.05) is 0 Å². The van der Waals surface area contributed by atoms with Crippen molar-refractivity contribution in [3.05, 3.63) is 71.6 Å². The maximum atomic E-state index is 12.2. The third-order valence-corrected chi connectivity index (χ3v) is 6.42. The second-order valence-electron chi connectivity index (χ2n) is 4.89. The Kier molecular flexibility index (Phi) is 4.83. The topological polar surface area (TPSA) is 68.3 Å². The molecular weight excluding hydrogens is 320 g/mol. The number of benzene rings is 2. The van der Waals surface area contributed by atoms with Crippen LogP contribution in [-0.2, 0) is 19.7 Å². The van der Waals surface area contributed by atoms with Crippen molar-refractivity contribution in [1.29, 1.82) is 0 Å². The van der Waals surface area contributed by atoms with Gasteiger partial charge in [-0.15, -0.1) is 0 Å². The summed E-state index contributed by atoms with van der Waals surface area (Å²) in [5.41, 5.74) is 0.271. The zero-order chi connectivity index (χ0) is 16.2. The van der Waals surface area contributed by atoms with E-state index in [2.05, 4.69) is 0 Å². The van der Waals surface area contributed by atoms with Gasteiger partial charge < -0.3 is 0 Å². The molecule has 0 saturated carbocycles. The summed E-state index contributed by atoms with van der Waals surface area (Å²) in [4.78, 5) is 0.325. The van der Waals surface area contributed by atoms with Crippen molar-refractivity contribution in [2.24, 2.45) is 0 Å². The second kappa shape index (κ2) is 6.46. The quantitative estimate of drug-likeness (QED) is 0.842. The van der Waals surface area contributed by atoms with E-state index in [-0.39, 0.29) is 21.1 Å². The number of rotatable bonds is 5. The van der Waals surface area contributed by atoms with E-state index >= 15 is 0 Å². The van der Waals surface area contributed by atoms with Gasteiger partial charge in [-0.1, -0.05) is 36.4 Å². The predicted molar refractivity (Wildman–Crippen MR) is 85.9 cm³/mol. The summed E-state index contributed by atoms with van der Waals surface area (Å²) in [6.45, 7) is 1.50. The van der Waals surface area contributed by atoms with Gasteiger partial charge in [-0.2, -0.15) is 0 Å². The summed E-state index contributed by atoms with van der Waals surface area (Å²) >= 11 is 0. The van der Waals surface area contributed by atoms with Gasteiger partial charge in [0.15, 0.2) is 19.7 Å². The summed E-state index contributed by atoms with van der Waals surface area (Å²) in [7, 11) is -7.19. The van der Waals surface area contributed by atoms with E-state index < -0.39 is 19.7 Å². The van der Waals surface area contributed by atoms with Crippen LogP contribution in [0.2, 0.25) is 0 Å². The van der Waals surface area contributed by atoms with Crippen molar-refractivity contribution in [3.8, 4) is 0 Å². The SMILES string of the molecule is CC(=CS(=O)(=O)c1ccccc1)CS(=O)(=O)c1ccccc1. The van der Waals surface area contributed by atoms with Gasteiger partial charge in [0.25, 0.3) is 0 Å². The highest BCUT2D eigenvalue weighted by Crippen LogP contribution is 2.17. The van der Waals surface area contributed by atoms with E-state index in [9.17, 15) is 16.8 Å². The van der Waals surface area contributed by atoms with Crippen LogP contribution in [0.5, 0.6) is 0 Å². The van der Waals surface area contributed by atoms with E-state index in [4.69, 9.17) is 0 Å². The van der Waals surface area contributed by atoms with Crippen molar-refractivity contribution in [2.75, 3.05) is 5.75 Å². The van der Waals surface area contributed by atoms with Crippen LogP contribution in [0.1, 0.15) is 6.92 Å². The zero-order valence-electron chi connectivity index (χ0n) is 12.0. The van der Waals surface area contributed by atoms with Crippen molar-refractivity contribution >= 4 is 19.7 Å². The molecule has 22 heavy (non-hydrogen) atoms. The molecular formula is C16H16O4S2. The van der Waals surface area contributed by atoms with Crippen LogP contribution >= 0.6 is 0 Å². The molecule has 0 radical (unpaired) electrons. The molecule has 0 fully saturated rings. The van der Waals surface area contributed by atoms with Gasteiger partial charge in [0.05, 0.1) is 15.5 Å². The molecule has 0 aliphatic carbocycles. The molecule has 0 N–H and O–H groups in total. The maximum absolute atomic E-state index is 12.2. The fraction of sp³-hybridized carbons (Fsp3) is 0.125. The van der Waals surface area contributed by atoms with Gasteiger partial charge in [-0.25, -0.2) is 16.8 Å². The summed E-state index contributed by atoms with van der Waals surface area (Å²) < 4.78 is 48.8. The van der Waals surface area contributed by atoms with Crippen LogP contribution in [0.4, 0.5) is 0 Å². The number of sulfone groups is 2. The number of hydrogen-bond donors (Lipinski definition) is 0. The molecule has 0 spiro atoms. The molecule has 4 nitrogen and oxygen atoms in total. The van der Waals surface area contributed by atoms with E-state index in [1.165, 1.54) is 31.2 Å². The maximum Gasteiger partial charge on any atom is 0.199 e. The molecule has 0 saturated heterocycles.